The van der Waals surface area contributed by atoms with Crippen LogP contribution in [0.15, 0.2) is 59.5 Å². The van der Waals surface area contributed by atoms with Gasteiger partial charge in [-0.2, -0.15) is 5.10 Å². The van der Waals surface area contributed by atoms with E-state index in [2.05, 4.69) is 41.6 Å². The lowest BCUT2D eigenvalue weighted by atomic mass is 10.1. The maximum Gasteiger partial charge on any atom is 0.248 e. The van der Waals surface area contributed by atoms with Crippen LogP contribution in [0.2, 0.25) is 0 Å². The summed E-state index contributed by atoms with van der Waals surface area (Å²) in [6.07, 6.45) is 3.17. The predicted molar refractivity (Wildman–Crippen MR) is 127 cm³/mol. The molecule has 0 bridgehead atoms. The van der Waals surface area contributed by atoms with Gasteiger partial charge in [-0.3, -0.25) is 9.48 Å². The number of carbonyl (C=O) groups excluding carboxylic acids is 1. The van der Waals surface area contributed by atoms with Crippen molar-refractivity contribution in [3.05, 3.63) is 82.7 Å². The Bertz CT molecular complexity index is 1260. The average Bonchev–Trinajstić information content (AvgIpc) is 3.00. The monoisotopic (exact) mass is 452 g/mol. The lowest BCUT2D eigenvalue weighted by Gasteiger charge is -2.12. The number of anilines is 1. The molecule has 2 aromatic carbocycles. The summed E-state index contributed by atoms with van der Waals surface area (Å²) in [5.41, 5.74) is 5.45. The number of aromatic nitrogens is 2. The van der Waals surface area contributed by atoms with E-state index < -0.39 is 10.0 Å². The van der Waals surface area contributed by atoms with Gasteiger partial charge in [0.15, 0.2) is 0 Å². The molecule has 0 spiro atoms. The van der Waals surface area contributed by atoms with E-state index in [1.54, 1.807) is 18.2 Å². The van der Waals surface area contributed by atoms with Crippen LogP contribution in [0.4, 0.5) is 5.69 Å². The molecule has 0 aliphatic heterocycles. The Morgan fingerprint density at radius 1 is 1.09 bits per heavy atom. The molecule has 1 aromatic heterocycles. The van der Waals surface area contributed by atoms with Gasteiger partial charge in [0.05, 0.1) is 17.1 Å². The Balaban J connectivity index is 1.74. The molecule has 1 N–H and O–H groups in total. The number of carbonyl (C=O) groups is 1. The molecular weight excluding hydrogens is 424 g/mol. The zero-order valence-electron chi connectivity index (χ0n) is 19.0. The third-order valence-electron chi connectivity index (χ3n) is 5.17. The maximum atomic E-state index is 12.4. The Labute approximate surface area is 189 Å². The number of nitrogens with zero attached hydrogens (tertiary/aromatic N) is 3. The molecule has 0 fully saturated rings. The second kappa shape index (κ2) is 9.50. The van der Waals surface area contributed by atoms with Crippen molar-refractivity contribution in [1.29, 1.82) is 0 Å². The second-order valence-electron chi connectivity index (χ2n) is 7.87. The Morgan fingerprint density at radius 3 is 2.44 bits per heavy atom. The third-order valence-corrected chi connectivity index (χ3v) is 6.98. The smallest absolute Gasteiger partial charge is 0.248 e. The first-order chi connectivity index (χ1) is 15.1. The minimum Gasteiger partial charge on any atom is -0.322 e. The van der Waals surface area contributed by atoms with Gasteiger partial charge in [0, 0.05) is 37.1 Å². The highest BCUT2D eigenvalue weighted by Crippen LogP contribution is 2.19. The summed E-state index contributed by atoms with van der Waals surface area (Å²) < 4.78 is 27.6. The molecule has 1 heterocycles. The number of nitrogens with one attached hydrogen (secondary N) is 1. The molecule has 7 nitrogen and oxygen atoms in total. The molecule has 3 aromatic rings. The zero-order valence-corrected chi connectivity index (χ0v) is 19.8. The third kappa shape index (κ3) is 5.33. The van der Waals surface area contributed by atoms with Gasteiger partial charge in [0.1, 0.15) is 0 Å². The molecule has 0 atom stereocenters. The first-order valence-corrected chi connectivity index (χ1v) is 11.6. The van der Waals surface area contributed by atoms with E-state index in [0.29, 0.717) is 12.2 Å². The van der Waals surface area contributed by atoms with Crippen LogP contribution in [-0.4, -0.2) is 42.5 Å². The Kier molecular flexibility index (Phi) is 6.96. The summed E-state index contributed by atoms with van der Waals surface area (Å²) in [5, 5.41) is 7.33. The van der Waals surface area contributed by atoms with Gasteiger partial charge in [-0.05, 0) is 50.6 Å². The van der Waals surface area contributed by atoms with Crippen LogP contribution < -0.4 is 5.32 Å². The van der Waals surface area contributed by atoms with Gasteiger partial charge in [0.25, 0.3) is 0 Å². The highest BCUT2D eigenvalue weighted by molar-refractivity contribution is 7.89. The number of amides is 1. The quantitative estimate of drug-likeness (QED) is 0.553. The van der Waals surface area contributed by atoms with Gasteiger partial charge < -0.3 is 5.32 Å². The van der Waals surface area contributed by atoms with Crippen LogP contribution in [0.1, 0.15) is 28.1 Å². The van der Waals surface area contributed by atoms with Crippen molar-refractivity contribution in [1.82, 2.24) is 14.1 Å². The van der Waals surface area contributed by atoms with Crippen LogP contribution in [0.25, 0.3) is 6.08 Å². The summed E-state index contributed by atoms with van der Waals surface area (Å²) in [6, 6.07) is 14.5. The number of hydrogen-bond acceptors (Lipinski definition) is 4. The van der Waals surface area contributed by atoms with Crippen LogP contribution in [0, 0.1) is 20.8 Å². The summed E-state index contributed by atoms with van der Waals surface area (Å²) >= 11 is 0. The van der Waals surface area contributed by atoms with Gasteiger partial charge in [0.2, 0.25) is 15.9 Å². The minimum atomic E-state index is -3.57. The fourth-order valence-corrected chi connectivity index (χ4v) is 4.21. The number of rotatable bonds is 7. The molecule has 0 saturated heterocycles. The molecule has 0 aliphatic carbocycles. The average molecular weight is 453 g/mol. The maximum absolute atomic E-state index is 12.4. The highest BCUT2D eigenvalue weighted by Gasteiger charge is 2.17. The van der Waals surface area contributed by atoms with Crippen LogP contribution >= 0.6 is 0 Å². The van der Waals surface area contributed by atoms with E-state index >= 15 is 0 Å². The standard InChI is InChI=1S/C24H28N4O3S/c1-17-9-11-20(12-10-17)16-28-19(3)23(18(2)26-28)13-14-24(29)25-21-7-6-8-22(15-21)32(30,31)27(4)5/h6-15H,16H2,1-5H3,(H,25,29)/b14-13+. The molecule has 168 valence electrons. The van der Waals surface area contributed by atoms with E-state index in [0.717, 1.165) is 26.8 Å². The Hall–Kier alpha value is -3.23. The molecule has 32 heavy (non-hydrogen) atoms. The van der Waals surface area contributed by atoms with Gasteiger partial charge >= 0.3 is 0 Å². The summed E-state index contributed by atoms with van der Waals surface area (Å²) in [4.78, 5) is 12.6. The first-order valence-electron chi connectivity index (χ1n) is 10.2. The SMILES string of the molecule is Cc1ccc(Cn2nc(C)c(/C=C/C(=O)Nc3cccc(S(=O)(=O)N(C)C)c3)c2C)cc1. The summed E-state index contributed by atoms with van der Waals surface area (Å²) in [5.74, 6) is -0.352. The van der Waals surface area contributed by atoms with Gasteiger partial charge in [-0.15, -0.1) is 0 Å². The minimum absolute atomic E-state index is 0.119. The van der Waals surface area contributed by atoms with E-state index in [9.17, 15) is 13.2 Å². The van der Waals surface area contributed by atoms with Crippen molar-refractivity contribution < 1.29 is 13.2 Å². The summed E-state index contributed by atoms with van der Waals surface area (Å²) in [7, 11) is -0.644. The van der Waals surface area contributed by atoms with E-state index in [4.69, 9.17) is 0 Å². The van der Waals surface area contributed by atoms with Gasteiger partial charge in [-0.25, -0.2) is 12.7 Å². The number of aryl methyl sites for hydroxylation is 2. The van der Waals surface area contributed by atoms with Crippen molar-refractivity contribution in [2.45, 2.75) is 32.2 Å². The first kappa shape index (κ1) is 23.4. The van der Waals surface area contributed by atoms with Crippen LogP contribution in [-0.2, 0) is 21.4 Å². The molecule has 3 rings (SSSR count). The highest BCUT2D eigenvalue weighted by atomic mass is 32.2. The van der Waals surface area contributed by atoms with Crippen molar-refractivity contribution >= 4 is 27.7 Å². The van der Waals surface area contributed by atoms with Crippen molar-refractivity contribution in [3.63, 3.8) is 0 Å². The lowest BCUT2D eigenvalue weighted by molar-refractivity contribution is -0.111. The number of benzene rings is 2. The molecule has 0 aliphatic rings. The van der Waals surface area contributed by atoms with Crippen LogP contribution in [0.5, 0.6) is 0 Å². The largest absolute Gasteiger partial charge is 0.322 e. The van der Waals surface area contributed by atoms with Crippen molar-refractivity contribution in [2.24, 2.45) is 0 Å². The molecule has 0 unspecified atom stereocenters. The number of hydrogen-bond donors (Lipinski definition) is 1. The fraction of sp³-hybridized carbons (Fsp3) is 0.250. The van der Waals surface area contributed by atoms with E-state index in [-0.39, 0.29) is 10.8 Å². The molecule has 8 heteroatoms. The fourth-order valence-electron chi connectivity index (χ4n) is 3.26. The topological polar surface area (TPSA) is 84.3 Å². The van der Waals surface area contributed by atoms with E-state index in [1.165, 1.54) is 37.9 Å². The Morgan fingerprint density at radius 2 is 1.78 bits per heavy atom. The van der Waals surface area contributed by atoms with Crippen LogP contribution in [0.3, 0.4) is 0 Å². The lowest BCUT2D eigenvalue weighted by Crippen LogP contribution is -2.22. The second-order valence-corrected chi connectivity index (χ2v) is 10.0. The normalized spacial score (nSPS) is 11.9. The van der Waals surface area contributed by atoms with E-state index in [1.807, 2.05) is 18.5 Å². The molecule has 1 amide bonds. The molecule has 0 saturated carbocycles. The van der Waals surface area contributed by atoms with Crippen molar-refractivity contribution in [3.8, 4) is 0 Å². The predicted octanol–water partition coefficient (Wildman–Crippen LogP) is 3.76. The number of sulfonamides is 1. The van der Waals surface area contributed by atoms with Crippen molar-refractivity contribution in [2.75, 3.05) is 19.4 Å². The molecular formula is C24H28N4O3S. The summed E-state index contributed by atoms with van der Waals surface area (Å²) in [6.45, 7) is 6.59. The molecule has 0 radical (unpaired) electrons. The van der Waals surface area contributed by atoms with Gasteiger partial charge in [-0.1, -0.05) is 35.9 Å². The zero-order chi connectivity index (χ0) is 23.5.